The highest BCUT2D eigenvalue weighted by atomic mass is 79.9. The van der Waals surface area contributed by atoms with Crippen LogP contribution in [0.4, 0.5) is 5.69 Å². The van der Waals surface area contributed by atoms with Crippen molar-refractivity contribution in [2.24, 2.45) is 0 Å². The Balaban J connectivity index is 2.03. The van der Waals surface area contributed by atoms with Crippen molar-refractivity contribution in [3.05, 3.63) is 57.0 Å². The molecule has 0 spiro atoms. The Labute approximate surface area is 133 Å². The number of hydrogen-bond acceptors (Lipinski definition) is 2. The van der Waals surface area contributed by atoms with E-state index in [1.165, 1.54) is 0 Å². The highest BCUT2D eigenvalue weighted by Gasteiger charge is 2.25. The van der Waals surface area contributed by atoms with Crippen LogP contribution in [0.25, 0.3) is 0 Å². The van der Waals surface area contributed by atoms with E-state index in [4.69, 9.17) is 17.0 Å². The van der Waals surface area contributed by atoms with Crippen molar-refractivity contribution >= 4 is 54.9 Å². The highest BCUT2D eigenvalue weighted by Crippen LogP contribution is 2.37. The van der Waals surface area contributed by atoms with Gasteiger partial charge in [-0.15, -0.1) is 0 Å². The molecule has 2 aromatic carbocycles. The van der Waals surface area contributed by atoms with E-state index in [1.54, 1.807) is 0 Å². The Hall–Kier alpha value is -0.910. The smallest absolute Gasteiger partial charge is 0.269 e. The van der Waals surface area contributed by atoms with Crippen molar-refractivity contribution in [3.8, 4) is 5.75 Å². The van der Waals surface area contributed by atoms with E-state index in [0.717, 1.165) is 25.9 Å². The summed E-state index contributed by atoms with van der Waals surface area (Å²) in [5.41, 5.74) is 2.13. The SMILES string of the molecule is S=C1Oc2c(Br)cc(Br)cc2CN1c1ccccc1. The fraction of sp³-hybridized carbons (Fsp3) is 0.0714. The van der Waals surface area contributed by atoms with Crippen LogP contribution in [0.15, 0.2) is 51.4 Å². The second-order valence-electron chi connectivity index (χ2n) is 4.17. The molecule has 3 rings (SSSR count). The van der Waals surface area contributed by atoms with E-state index < -0.39 is 0 Å². The number of benzene rings is 2. The zero-order valence-corrected chi connectivity index (χ0v) is 13.8. The summed E-state index contributed by atoms with van der Waals surface area (Å²) in [5, 5.41) is 0.474. The fourth-order valence-electron chi connectivity index (χ4n) is 2.03. The van der Waals surface area contributed by atoms with E-state index in [0.29, 0.717) is 11.7 Å². The van der Waals surface area contributed by atoms with Gasteiger partial charge in [0.25, 0.3) is 5.17 Å². The maximum Gasteiger partial charge on any atom is 0.269 e. The van der Waals surface area contributed by atoms with Gasteiger partial charge in [-0.1, -0.05) is 34.1 Å². The molecule has 0 aromatic heterocycles. The van der Waals surface area contributed by atoms with Crippen LogP contribution in [0.5, 0.6) is 5.75 Å². The Bertz CT molecular complexity index is 645. The first-order chi connectivity index (χ1) is 9.15. The molecule has 0 fully saturated rings. The molecule has 0 bridgehead atoms. The van der Waals surface area contributed by atoms with Gasteiger partial charge in [0.2, 0.25) is 0 Å². The summed E-state index contributed by atoms with van der Waals surface area (Å²) >= 11 is 12.3. The lowest BCUT2D eigenvalue weighted by Gasteiger charge is -2.31. The molecule has 1 aliphatic rings. The minimum Gasteiger partial charge on any atom is -0.430 e. The van der Waals surface area contributed by atoms with Gasteiger partial charge < -0.3 is 4.74 Å². The van der Waals surface area contributed by atoms with Crippen LogP contribution in [-0.2, 0) is 6.54 Å². The average Bonchev–Trinajstić information content (AvgIpc) is 2.40. The summed E-state index contributed by atoms with van der Waals surface area (Å²) in [5.74, 6) is 0.806. The predicted octanol–water partition coefficient (Wildman–Crippen LogP) is 4.90. The lowest BCUT2D eigenvalue weighted by molar-refractivity contribution is 0.514. The van der Waals surface area contributed by atoms with Crippen molar-refractivity contribution in [2.75, 3.05) is 4.90 Å². The third-order valence-electron chi connectivity index (χ3n) is 2.89. The topological polar surface area (TPSA) is 12.5 Å². The van der Waals surface area contributed by atoms with Crippen LogP contribution < -0.4 is 9.64 Å². The highest BCUT2D eigenvalue weighted by molar-refractivity contribution is 9.11. The summed E-state index contributed by atoms with van der Waals surface area (Å²) in [6, 6.07) is 14.0. The van der Waals surface area contributed by atoms with Crippen LogP contribution in [-0.4, -0.2) is 5.17 Å². The molecule has 2 aromatic rings. The quantitative estimate of drug-likeness (QED) is 0.634. The Morgan fingerprint density at radius 1 is 1.11 bits per heavy atom. The van der Waals surface area contributed by atoms with Gasteiger partial charge >= 0.3 is 0 Å². The molecule has 2 nitrogen and oxygen atoms in total. The van der Waals surface area contributed by atoms with Gasteiger partial charge in [0, 0.05) is 15.7 Å². The third-order valence-corrected chi connectivity index (χ3v) is 4.24. The van der Waals surface area contributed by atoms with Crippen LogP contribution in [0.2, 0.25) is 0 Å². The van der Waals surface area contributed by atoms with Gasteiger partial charge in [-0.25, -0.2) is 0 Å². The van der Waals surface area contributed by atoms with E-state index in [-0.39, 0.29) is 0 Å². The van der Waals surface area contributed by atoms with Gasteiger partial charge in [0.05, 0.1) is 11.0 Å². The molecule has 0 saturated heterocycles. The van der Waals surface area contributed by atoms with Crippen molar-refractivity contribution in [1.82, 2.24) is 0 Å². The Morgan fingerprint density at radius 2 is 1.84 bits per heavy atom. The third kappa shape index (κ3) is 2.55. The minimum absolute atomic E-state index is 0.474. The van der Waals surface area contributed by atoms with Crippen molar-refractivity contribution in [1.29, 1.82) is 0 Å². The maximum absolute atomic E-state index is 5.77. The first-order valence-corrected chi connectivity index (χ1v) is 7.67. The standard InChI is InChI=1S/C14H9Br2NOS/c15-10-6-9-8-17(11-4-2-1-3-5-11)14(19)18-13(9)12(16)7-10/h1-7H,8H2. The number of thiocarbonyl (C=S) groups is 1. The number of para-hydroxylation sites is 1. The Kier molecular flexibility index (Phi) is 3.60. The molecule has 19 heavy (non-hydrogen) atoms. The number of rotatable bonds is 1. The van der Waals surface area contributed by atoms with E-state index >= 15 is 0 Å². The summed E-state index contributed by atoms with van der Waals surface area (Å²) in [7, 11) is 0. The molecular weight excluding hydrogens is 390 g/mol. The maximum atomic E-state index is 5.77. The van der Waals surface area contributed by atoms with Crippen molar-refractivity contribution in [3.63, 3.8) is 0 Å². The zero-order valence-electron chi connectivity index (χ0n) is 9.77. The summed E-state index contributed by atoms with van der Waals surface area (Å²) < 4.78 is 7.70. The van der Waals surface area contributed by atoms with Crippen molar-refractivity contribution in [2.45, 2.75) is 6.54 Å². The number of hydrogen-bond donors (Lipinski definition) is 0. The number of fused-ring (bicyclic) bond motifs is 1. The Morgan fingerprint density at radius 3 is 2.58 bits per heavy atom. The number of halogens is 2. The fourth-order valence-corrected chi connectivity index (χ4v) is 3.68. The van der Waals surface area contributed by atoms with Crippen LogP contribution in [0.1, 0.15) is 5.56 Å². The lowest BCUT2D eigenvalue weighted by atomic mass is 10.1. The molecule has 0 atom stereocenters. The van der Waals surface area contributed by atoms with Gasteiger partial charge in [-0.2, -0.15) is 0 Å². The minimum atomic E-state index is 0.474. The molecule has 0 N–H and O–H groups in total. The molecule has 0 aliphatic carbocycles. The number of nitrogens with zero attached hydrogens (tertiary/aromatic N) is 1. The molecule has 0 unspecified atom stereocenters. The van der Waals surface area contributed by atoms with E-state index in [2.05, 4.69) is 37.9 Å². The molecule has 96 valence electrons. The van der Waals surface area contributed by atoms with Gasteiger partial charge in [-0.3, -0.25) is 4.90 Å². The first-order valence-electron chi connectivity index (χ1n) is 5.67. The summed E-state index contributed by atoms with van der Waals surface area (Å²) in [4.78, 5) is 1.98. The number of ether oxygens (including phenoxy) is 1. The van der Waals surface area contributed by atoms with Gasteiger partial charge in [0.1, 0.15) is 5.75 Å². The summed E-state index contributed by atoms with van der Waals surface area (Å²) in [6.45, 7) is 0.705. The van der Waals surface area contributed by atoms with Gasteiger partial charge in [-0.05, 0) is 52.4 Å². The number of anilines is 1. The zero-order chi connectivity index (χ0) is 13.4. The van der Waals surface area contributed by atoms with Crippen LogP contribution in [0, 0.1) is 0 Å². The lowest BCUT2D eigenvalue weighted by Crippen LogP contribution is -2.36. The average molecular weight is 399 g/mol. The molecule has 0 radical (unpaired) electrons. The normalized spacial score (nSPS) is 14.0. The summed E-state index contributed by atoms with van der Waals surface area (Å²) in [6.07, 6.45) is 0. The second kappa shape index (κ2) is 5.23. The predicted molar refractivity (Wildman–Crippen MR) is 87.7 cm³/mol. The largest absolute Gasteiger partial charge is 0.430 e. The molecular formula is C14H9Br2NOS. The van der Waals surface area contributed by atoms with Gasteiger partial charge in [0.15, 0.2) is 0 Å². The molecule has 5 heteroatoms. The monoisotopic (exact) mass is 397 g/mol. The van der Waals surface area contributed by atoms with Crippen molar-refractivity contribution < 1.29 is 4.74 Å². The van der Waals surface area contributed by atoms with Crippen LogP contribution in [0.3, 0.4) is 0 Å². The molecule has 0 amide bonds. The second-order valence-corrected chi connectivity index (χ2v) is 6.28. The van der Waals surface area contributed by atoms with E-state index in [9.17, 15) is 0 Å². The molecule has 1 aliphatic heterocycles. The molecule has 1 heterocycles. The van der Waals surface area contributed by atoms with E-state index in [1.807, 2.05) is 41.3 Å². The first kappa shape index (κ1) is 13.1. The van der Waals surface area contributed by atoms with Crippen LogP contribution >= 0.6 is 44.1 Å². The molecule has 0 saturated carbocycles.